The van der Waals surface area contributed by atoms with E-state index in [0.29, 0.717) is 6.10 Å². The molecule has 2 aliphatic heterocycles. The van der Waals surface area contributed by atoms with Crippen LogP contribution in [0.4, 0.5) is 0 Å². The van der Waals surface area contributed by atoms with Crippen LogP contribution in [-0.2, 0) is 0 Å². The predicted molar refractivity (Wildman–Crippen MR) is 88.4 cm³/mol. The fourth-order valence-corrected chi connectivity index (χ4v) is 3.39. The van der Waals surface area contributed by atoms with Gasteiger partial charge < -0.3 is 9.64 Å². The monoisotopic (exact) mass is 298 g/mol. The van der Waals surface area contributed by atoms with Crippen molar-refractivity contribution >= 4 is 23.4 Å². The highest BCUT2D eigenvalue weighted by Gasteiger charge is 2.22. The molecule has 3 aliphatic rings. The number of fused-ring (bicyclic) bond motifs is 1. The Hall–Kier alpha value is -1.68. The average Bonchev–Trinajstić information content (AvgIpc) is 2.51. The first kappa shape index (κ1) is 13.0. The van der Waals surface area contributed by atoms with Crippen molar-refractivity contribution in [3.8, 4) is 5.75 Å². The van der Waals surface area contributed by atoms with Gasteiger partial charge in [0, 0.05) is 24.1 Å². The summed E-state index contributed by atoms with van der Waals surface area (Å²) in [6.07, 6.45) is 10.5. The van der Waals surface area contributed by atoms with E-state index in [9.17, 15) is 0 Å². The highest BCUT2D eigenvalue weighted by atomic mass is 32.2. The summed E-state index contributed by atoms with van der Waals surface area (Å²) in [5.74, 6) is 3.10. The van der Waals surface area contributed by atoms with Gasteiger partial charge in [0.15, 0.2) is 0 Å². The zero-order chi connectivity index (χ0) is 14.1. The highest BCUT2D eigenvalue weighted by Crippen LogP contribution is 2.29. The lowest BCUT2D eigenvalue weighted by Gasteiger charge is -2.29. The van der Waals surface area contributed by atoms with Gasteiger partial charge >= 0.3 is 0 Å². The second kappa shape index (κ2) is 5.60. The zero-order valence-electron chi connectivity index (χ0n) is 11.9. The van der Waals surface area contributed by atoms with E-state index >= 15 is 0 Å². The van der Waals surface area contributed by atoms with Crippen LogP contribution in [0.3, 0.4) is 0 Å². The molecule has 0 unspecified atom stereocenters. The van der Waals surface area contributed by atoms with Gasteiger partial charge in [0.05, 0.1) is 6.10 Å². The molecule has 21 heavy (non-hydrogen) atoms. The molecule has 0 radical (unpaired) electrons. The number of hydrogen-bond acceptors (Lipinski definition) is 4. The SMILES string of the molecule is C1=CN2CCSN=C2C(c2ccc(OC3CCC3)cc2)=C1. The summed E-state index contributed by atoms with van der Waals surface area (Å²) < 4.78 is 10.5. The Morgan fingerprint density at radius 1 is 1.19 bits per heavy atom. The van der Waals surface area contributed by atoms with Crippen molar-refractivity contribution in [1.29, 1.82) is 0 Å². The lowest BCUT2D eigenvalue weighted by Crippen LogP contribution is -2.32. The number of benzene rings is 1. The molecule has 1 fully saturated rings. The quantitative estimate of drug-likeness (QED) is 0.791. The molecule has 1 aliphatic carbocycles. The summed E-state index contributed by atoms with van der Waals surface area (Å²) >= 11 is 1.65. The summed E-state index contributed by atoms with van der Waals surface area (Å²) in [5.41, 5.74) is 2.39. The van der Waals surface area contributed by atoms with E-state index in [4.69, 9.17) is 4.74 Å². The molecular weight excluding hydrogens is 280 g/mol. The van der Waals surface area contributed by atoms with Crippen molar-refractivity contribution in [3.05, 3.63) is 48.2 Å². The van der Waals surface area contributed by atoms with E-state index in [1.807, 2.05) is 0 Å². The fourth-order valence-electron chi connectivity index (χ4n) is 2.69. The van der Waals surface area contributed by atoms with E-state index < -0.39 is 0 Å². The third kappa shape index (κ3) is 2.60. The van der Waals surface area contributed by atoms with Gasteiger partial charge in [0.2, 0.25) is 0 Å². The third-order valence-corrected chi connectivity index (χ3v) is 4.80. The minimum Gasteiger partial charge on any atom is -0.490 e. The number of nitrogens with zero attached hydrogens (tertiary/aromatic N) is 2. The first-order valence-electron chi connectivity index (χ1n) is 7.53. The van der Waals surface area contributed by atoms with Crippen LogP contribution in [0.25, 0.3) is 5.57 Å². The summed E-state index contributed by atoms with van der Waals surface area (Å²) in [6.45, 7) is 1.03. The van der Waals surface area contributed by atoms with Crippen molar-refractivity contribution in [3.63, 3.8) is 0 Å². The molecule has 4 heteroatoms. The Morgan fingerprint density at radius 3 is 2.81 bits per heavy atom. The van der Waals surface area contributed by atoms with E-state index in [0.717, 1.165) is 23.9 Å². The molecule has 0 amide bonds. The molecule has 0 bridgehead atoms. The van der Waals surface area contributed by atoms with E-state index in [-0.39, 0.29) is 0 Å². The van der Waals surface area contributed by atoms with Gasteiger partial charge in [-0.05, 0) is 61.1 Å². The normalized spacial score (nSPS) is 21.2. The van der Waals surface area contributed by atoms with Crippen molar-refractivity contribution in [2.45, 2.75) is 25.4 Å². The van der Waals surface area contributed by atoms with Gasteiger partial charge in [0.25, 0.3) is 0 Å². The van der Waals surface area contributed by atoms with Crippen LogP contribution in [0, 0.1) is 0 Å². The van der Waals surface area contributed by atoms with Gasteiger partial charge in [-0.3, -0.25) is 0 Å². The molecule has 4 rings (SSSR count). The summed E-state index contributed by atoms with van der Waals surface area (Å²) in [7, 11) is 0. The topological polar surface area (TPSA) is 24.8 Å². The minimum atomic E-state index is 0.433. The Labute approximate surface area is 129 Å². The van der Waals surface area contributed by atoms with Crippen molar-refractivity contribution in [2.24, 2.45) is 4.40 Å². The van der Waals surface area contributed by atoms with Crippen molar-refractivity contribution in [1.82, 2.24) is 4.90 Å². The Kier molecular flexibility index (Phi) is 3.47. The smallest absolute Gasteiger partial charge is 0.148 e. The average molecular weight is 298 g/mol. The molecule has 3 nitrogen and oxygen atoms in total. The Balaban J connectivity index is 1.56. The largest absolute Gasteiger partial charge is 0.490 e. The van der Waals surface area contributed by atoms with Crippen LogP contribution < -0.4 is 4.74 Å². The number of amidine groups is 1. The number of allylic oxidation sites excluding steroid dienone is 2. The first-order valence-corrected chi connectivity index (χ1v) is 8.47. The van der Waals surface area contributed by atoms with Crippen LogP contribution in [0.5, 0.6) is 5.75 Å². The second-order valence-corrected chi connectivity index (χ2v) is 6.41. The molecule has 1 saturated carbocycles. The van der Waals surface area contributed by atoms with E-state index in [2.05, 4.69) is 51.9 Å². The Bertz CT molecular complexity index is 614. The molecule has 0 saturated heterocycles. The van der Waals surface area contributed by atoms with E-state index in [1.165, 1.54) is 30.4 Å². The number of rotatable bonds is 3. The molecule has 2 heterocycles. The fraction of sp³-hybridized carbons (Fsp3) is 0.353. The standard InChI is InChI=1S/C17H18N2OS/c1-3-14(4-1)20-15-8-6-13(7-9-15)16-5-2-10-19-11-12-21-18-17(16)19/h2,5-10,14H,1,3-4,11-12H2. The molecule has 0 N–H and O–H groups in total. The van der Waals surface area contributed by atoms with Crippen molar-refractivity contribution in [2.75, 3.05) is 12.3 Å². The molecule has 108 valence electrons. The van der Waals surface area contributed by atoms with Crippen LogP contribution in [0.15, 0.2) is 47.0 Å². The third-order valence-electron chi connectivity index (χ3n) is 4.14. The molecule has 0 atom stereocenters. The van der Waals surface area contributed by atoms with Crippen LogP contribution in [0.2, 0.25) is 0 Å². The number of hydrogen-bond donors (Lipinski definition) is 0. The maximum absolute atomic E-state index is 5.92. The molecule has 1 aromatic rings. The van der Waals surface area contributed by atoms with Crippen molar-refractivity contribution < 1.29 is 4.74 Å². The minimum absolute atomic E-state index is 0.433. The van der Waals surface area contributed by atoms with Crippen LogP contribution in [0.1, 0.15) is 24.8 Å². The van der Waals surface area contributed by atoms with Gasteiger partial charge in [-0.2, -0.15) is 4.40 Å². The van der Waals surface area contributed by atoms with Crippen LogP contribution in [-0.4, -0.2) is 29.1 Å². The summed E-state index contributed by atoms with van der Waals surface area (Å²) in [5, 5.41) is 0. The Morgan fingerprint density at radius 2 is 2.05 bits per heavy atom. The van der Waals surface area contributed by atoms with Gasteiger partial charge in [-0.15, -0.1) is 0 Å². The second-order valence-electron chi connectivity index (χ2n) is 5.56. The maximum Gasteiger partial charge on any atom is 0.148 e. The summed E-state index contributed by atoms with van der Waals surface area (Å²) in [6, 6.07) is 8.43. The lowest BCUT2D eigenvalue weighted by molar-refractivity contribution is 0.120. The van der Waals surface area contributed by atoms with E-state index in [1.54, 1.807) is 11.9 Å². The molecule has 0 spiro atoms. The van der Waals surface area contributed by atoms with Crippen LogP contribution >= 0.6 is 11.9 Å². The lowest BCUT2D eigenvalue weighted by atomic mass is 9.96. The predicted octanol–water partition coefficient (Wildman–Crippen LogP) is 3.89. The highest BCUT2D eigenvalue weighted by molar-refractivity contribution is 7.98. The number of ether oxygens (including phenoxy) is 1. The maximum atomic E-state index is 5.92. The first-order chi connectivity index (χ1) is 10.4. The summed E-state index contributed by atoms with van der Waals surface area (Å²) in [4.78, 5) is 2.23. The van der Waals surface area contributed by atoms with Gasteiger partial charge in [0.1, 0.15) is 11.6 Å². The van der Waals surface area contributed by atoms with Gasteiger partial charge in [-0.1, -0.05) is 12.1 Å². The molecule has 0 aromatic heterocycles. The zero-order valence-corrected chi connectivity index (χ0v) is 12.7. The molecular formula is C17H18N2OS. The van der Waals surface area contributed by atoms with Gasteiger partial charge in [-0.25, -0.2) is 0 Å². The molecule has 1 aromatic carbocycles.